The minimum atomic E-state index is 0.423. The van der Waals surface area contributed by atoms with Gasteiger partial charge in [-0.1, -0.05) is 19.0 Å². The van der Waals surface area contributed by atoms with Gasteiger partial charge in [-0.05, 0) is 36.9 Å². The first-order chi connectivity index (χ1) is 8.56. The maximum atomic E-state index is 5.36. The molecule has 0 saturated carbocycles. The summed E-state index contributed by atoms with van der Waals surface area (Å²) in [4.78, 5) is 3.67. The van der Waals surface area contributed by atoms with Crippen LogP contribution in [-0.2, 0) is 13.1 Å². The van der Waals surface area contributed by atoms with Crippen LogP contribution in [-0.4, -0.2) is 17.1 Å². The van der Waals surface area contributed by atoms with Gasteiger partial charge < -0.3 is 4.52 Å². The summed E-state index contributed by atoms with van der Waals surface area (Å²) in [5, 5.41) is 6.23. The Hall–Kier alpha value is -1.13. The first-order valence-electron chi connectivity index (χ1n) is 6.23. The lowest BCUT2D eigenvalue weighted by Gasteiger charge is -2.13. The quantitative estimate of drug-likeness (QED) is 0.822. The highest BCUT2D eigenvalue weighted by molar-refractivity contribution is 7.10. The summed E-state index contributed by atoms with van der Waals surface area (Å²) >= 11 is 1.81. The number of thiophene rings is 1. The van der Waals surface area contributed by atoms with Crippen molar-refractivity contribution in [3.8, 4) is 0 Å². The molecule has 4 heteroatoms. The van der Waals surface area contributed by atoms with Crippen LogP contribution in [0.5, 0.6) is 0 Å². The summed E-state index contributed by atoms with van der Waals surface area (Å²) in [6.45, 7) is 8.17. The fraction of sp³-hybridized carbons (Fsp3) is 0.500. The molecule has 0 fully saturated rings. The van der Waals surface area contributed by atoms with Gasteiger partial charge in [-0.2, -0.15) is 0 Å². The zero-order chi connectivity index (χ0) is 13.1. The Morgan fingerprint density at radius 3 is 2.72 bits per heavy atom. The second-order valence-corrected chi connectivity index (χ2v) is 6.07. The predicted octanol–water partition coefficient (Wildman–Crippen LogP) is 3.80. The molecule has 2 heterocycles. The molecule has 3 nitrogen and oxygen atoms in total. The Morgan fingerprint density at radius 2 is 2.17 bits per heavy atom. The molecule has 0 amide bonds. The van der Waals surface area contributed by atoms with Crippen LogP contribution in [0.25, 0.3) is 0 Å². The van der Waals surface area contributed by atoms with Crippen molar-refractivity contribution in [3.05, 3.63) is 39.4 Å². The molecule has 0 spiro atoms. The summed E-state index contributed by atoms with van der Waals surface area (Å²) in [6.07, 6.45) is 0. The molecule has 0 aliphatic carbocycles. The van der Waals surface area contributed by atoms with Crippen LogP contribution in [0.15, 0.2) is 22.0 Å². The van der Waals surface area contributed by atoms with E-state index in [9.17, 15) is 0 Å². The molecule has 2 aromatic rings. The molecule has 98 valence electrons. The largest absolute Gasteiger partial charge is 0.360 e. The number of aromatic nitrogens is 1. The highest BCUT2D eigenvalue weighted by Crippen LogP contribution is 2.19. The van der Waals surface area contributed by atoms with E-state index in [0.29, 0.717) is 5.92 Å². The summed E-state index contributed by atoms with van der Waals surface area (Å²) < 4.78 is 5.36. The molecule has 0 aromatic carbocycles. The average molecular weight is 264 g/mol. The Labute approximate surface area is 112 Å². The molecule has 0 unspecified atom stereocenters. The number of nitrogens with zero attached hydrogens (tertiary/aromatic N) is 2. The van der Waals surface area contributed by atoms with Crippen LogP contribution in [0.4, 0.5) is 0 Å². The SMILES string of the molecule is Cc1ccsc1CN(C)Cc1cc(C(C)C)no1. The van der Waals surface area contributed by atoms with Crippen LogP contribution >= 0.6 is 11.3 Å². The Morgan fingerprint density at radius 1 is 1.39 bits per heavy atom. The topological polar surface area (TPSA) is 29.3 Å². The highest BCUT2D eigenvalue weighted by Gasteiger charge is 2.11. The minimum Gasteiger partial charge on any atom is -0.360 e. The third kappa shape index (κ3) is 3.21. The Balaban J connectivity index is 1.94. The van der Waals surface area contributed by atoms with Crippen molar-refractivity contribution in [3.63, 3.8) is 0 Å². The first kappa shape index (κ1) is 13.3. The average Bonchev–Trinajstić information content (AvgIpc) is 2.89. The lowest BCUT2D eigenvalue weighted by Crippen LogP contribution is -2.16. The maximum absolute atomic E-state index is 5.36. The van der Waals surface area contributed by atoms with Gasteiger partial charge in [-0.25, -0.2) is 0 Å². The standard InChI is InChI=1S/C14H20N2OS/c1-10(2)13-7-12(17-15-13)8-16(4)9-14-11(3)5-6-18-14/h5-7,10H,8-9H2,1-4H3. The first-order valence-corrected chi connectivity index (χ1v) is 7.11. The zero-order valence-corrected chi connectivity index (χ0v) is 12.3. The number of aryl methyl sites for hydroxylation is 1. The van der Waals surface area contributed by atoms with Gasteiger partial charge >= 0.3 is 0 Å². The van der Waals surface area contributed by atoms with Gasteiger partial charge in [0.05, 0.1) is 12.2 Å². The maximum Gasteiger partial charge on any atom is 0.150 e. The van der Waals surface area contributed by atoms with E-state index < -0.39 is 0 Å². The van der Waals surface area contributed by atoms with Crippen molar-refractivity contribution >= 4 is 11.3 Å². The molecule has 0 saturated heterocycles. The predicted molar refractivity (Wildman–Crippen MR) is 74.8 cm³/mol. The molecule has 18 heavy (non-hydrogen) atoms. The van der Waals surface area contributed by atoms with E-state index >= 15 is 0 Å². The highest BCUT2D eigenvalue weighted by atomic mass is 32.1. The van der Waals surface area contributed by atoms with E-state index in [1.54, 1.807) is 0 Å². The molecule has 2 aromatic heterocycles. The Kier molecular flexibility index (Phi) is 4.19. The fourth-order valence-corrected chi connectivity index (χ4v) is 2.79. The van der Waals surface area contributed by atoms with Crippen molar-refractivity contribution < 1.29 is 4.52 Å². The molecule has 0 N–H and O–H groups in total. The van der Waals surface area contributed by atoms with E-state index in [4.69, 9.17) is 4.52 Å². The van der Waals surface area contributed by atoms with Gasteiger partial charge in [-0.15, -0.1) is 11.3 Å². The number of hydrogen-bond acceptors (Lipinski definition) is 4. The molecular formula is C14H20N2OS. The summed E-state index contributed by atoms with van der Waals surface area (Å²) in [5.74, 6) is 1.36. The number of hydrogen-bond donors (Lipinski definition) is 0. The van der Waals surface area contributed by atoms with Gasteiger partial charge in [0.2, 0.25) is 0 Å². The monoisotopic (exact) mass is 264 g/mol. The van der Waals surface area contributed by atoms with E-state index in [-0.39, 0.29) is 0 Å². The fourth-order valence-electron chi connectivity index (χ4n) is 1.81. The minimum absolute atomic E-state index is 0.423. The molecule has 0 radical (unpaired) electrons. The molecule has 0 atom stereocenters. The summed E-state index contributed by atoms with van der Waals surface area (Å²) in [6, 6.07) is 4.22. The Bertz CT molecular complexity index is 501. The smallest absolute Gasteiger partial charge is 0.150 e. The van der Waals surface area contributed by atoms with Crippen molar-refractivity contribution in [1.29, 1.82) is 0 Å². The van der Waals surface area contributed by atoms with Crippen molar-refractivity contribution in [2.24, 2.45) is 0 Å². The molecule has 0 aliphatic heterocycles. The second kappa shape index (κ2) is 5.67. The van der Waals surface area contributed by atoms with Crippen LogP contribution < -0.4 is 0 Å². The van der Waals surface area contributed by atoms with E-state index in [1.165, 1.54) is 10.4 Å². The van der Waals surface area contributed by atoms with Gasteiger partial charge in [0.1, 0.15) is 0 Å². The van der Waals surface area contributed by atoms with Gasteiger partial charge in [0.25, 0.3) is 0 Å². The summed E-state index contributed by atoms with van der Waals surface area (Å²) in [7, 11) is 2.11. The van der Waals surface area contributed by atoms with Crippen LogP contribution in [0.1, 0.15) is 41.7 Å². The third-order valence-electron chi connectivity index (χ3n) is 2.98. The summed E-state index contributed by atoms with van der Waals surface area (Å²) in [5.41, 5.74) is 2.40. The van der Waals surface area contributed by atoms with Crippen LogP contribution in [0.3, 0.4) is 0 Å². The van der Waals surface area contributed by atoms with Crippen molar-refractivity contribution in [1.82, 2.24) is 10.1 Å². The molecular weight excluding hydrogens is 244 g/mol. The third-order valence-corrected chi connectivity index (χ3v) is 3.98. The van der Waals surface area contributed by atoms with E-state index in [2.05, 4.69) is 55.4 Å². The van der Waals surface area contributed by atoms with Crippen LogP contribution in [0, 0.1) is 6.92 Å². The normalized spacial score (nSPS) is 11.7. The van der Waals surface area contributed by atoms with Crippen LogP contribution in [0.2, 0.25) is 0 Å². The van der Waals surface area contributed by atoms with Crippen molar-refractivity contribution in [2.75, 3.05) is 7.05 Å². The zero-order valence-electron chi connectivity index (χ0n) is 11.4. The molecule has 0 bridgehead atoms. The van der Waals surface area contributed by atoms with E-state index in [0.717, 1.165) is 24.5 Å². The molecule has 2 rings (SSSR count). The molecule has 0 aliphatic rings. The van der Waals surface area contributed by atoms with Gasteiger partial charge in [0, 0.05) is 17.5 Å². The van der Waals surface area contributed by atoms with E-state index in [1.807, 2.05) is 11.3 Å². The lowest BCUT2D eigenvalue weighted by atomic mass is 10.1. The van der Waals surface area contributed by atoms with Gasteiger partial charge in [0.15, 0.2) is 5.76 Å². The van der Waals surface area contributed by atoms with Gasteiger partial charge in [-0.3, -0.25) is 4.90 Å². The lowest BCUT2D eigenvalue weighted by molar-refractivity contribution is 0.267. The van der Waals surface area contributed by atoms with Crippen molar-refractivity contribution in [2.45, 2.75) is 39.8 Å². The number of rotatable bonds is 5. The second-order valence-electron chi connectivity index (χ2n) is 5.07.